The van der Waals surface area contributed by atoms with Crippen molar-refractivity contribution in [1.29, 1.82) is 0 Å². The monoisotopic (exact) mass is 275 g/mol. The largest absolute Gasteiger partial charge is 0.395 e. The Labute approximate surface area is 118 Å². The second-order valence-corrected chi connectivity index (χ2v) is 5.20. The van der Waals surface area contributed by atoms with Gasteiger partial charge in [0.25, 0.3) is 0 Å². The summed E-state index contributed by atoms with van der Waals surface area (Å²) < 4.78 is 7.96. The fourth-order valence-electron chi connectivity index (χ4n) is 2.67. The molecule has 0 radical (unpaired) electrons. The average Bonchev–Trinajstić information content (AvgIpc) is 2.91. The van der Waals surface area contributed by atoms with E-state index in [1.54, 1.807) is 0 Å². The van der Waals surface area contributed by atoms with Crippen LogP contribution in [-0.4, -0.2) is 34.4 Å². The van der Waals surface area contributed by atoms with Gasteiger partial charge >= 0.3 is 0 Å². The second kappa shape index (κ2) is 6.35. The summed E-state index contributed by atoms with van der Waals surface area (Å²) in [5.41, 5.74) is 3.31. The first-order chi connectivity index (χ1) is 9.88. The van der Waals surface area contributed by atoms with E-state index in [9.17, 15) is 0 Å². The molecule has 3 rings (SSSR count). The molecule has 1 aliphatic heterocycles. The van der Waals surface area contributed by atoms with E-state index >= 15 is 0 Å². The molecule has 5 nitrogen and oxygen atoms in total. The quantitative estimate of drug-likeness (QED) is 0.817. The first-order valence-corrected chi connectivity index (χ1v) is 7.27. The van der Waals surface area contributed by atoms with Gasteiger partial charge in [-0.05, 0) is 37.0 Å². The van der Waals surface area contributed by atoms with Gasteiger partial charge in [-0.25, -0.2) is 4.98 Å². The molecule has 0 spiro atoms. The molecule has 0 saturated carbocycles. The first-order valence-electron chi connectivity index (χ1n) is 7.27. The number of nitrogens with zero attached hydrogens (tertiary/aromatic N) is 2. The van der Waals surface area contributed by atoms with Gasteiger partial charge in [0.1, 0.15) is 6.23 Å². The van der Waals surface area contributed by atoms with Crippen LogP contribution in [0.4, 0.5) is 0 Å². The predicted molar refractivity (Wildman–Crippen MR) is 77.4 cm³/mol. The molecule has 1 aromatic carbocycles. The third-order valence-electron chi connectivity index (χ3n) is 3.72. The maximum absolute atomic E-state index is 8.77. The normalized spacial score (nSPS) is 19.6. The molecule has 2 heterocycles. The molecule has 0 aliphatic carbocycles. The number of ether oxygens (including phenoxy) is 1. The number of imidazole rings is 1. The molecule has 0 bridgehead atoms. The van der Waals surface area contributed by atoms with Crippen molar-refractivity contribution in [1.82, 2.24) is 14.9 Å². The first kappa shape index (κ1) is 13.5. The topological polar surface area (TPSA) is 59.3 Å². The minimum atomic E-state index is 0.132. The number of aliphatic hydroxyl groups is 1. The lowest BCUT2D eigenvalue weighted by Crippen LogP contribution is -2.18. The Morgan fingerprint density at radius 3 is 3.15 bits per heavy atom. The zero-order valence-electron chi connectivity index (χ0n) is 11.6. The van der Waals surface area contributed by atoms with Crippen LogP contribution in [0.2, 0.25) is 0 Å². The highest BCUT2D eigenvalue weighted by Crippen LogP contribution is 2.26. The van der Waals surface area contributed by atoms with Crippen molar-refractivity contribution in [2.45, 2.75) is 32.0 Å². The van der Waals surface area contributed by atoms with Gasteiger partial charge in [-0.15, -0.1) is 0 Å². The average molecular weight is 275 g/mol. The number of nitrogens with one attached hydrogen (secondary N) is 1. The number of fused-ring (bicyclic) bond motifs is 1. The fraction of sp³-hybridized carbons (Fsp3) is 0.533. The molecule has 1 aliphatic rings. The van der Waals surface area contributed by atoms with Crippen molar-refractivity contribution in [3.05, 3.63) is 30.1 Å². The van der Waals surface area contributed by atoms with Crippen molar-refractivity contribution in [2.75, 3.05) is 19.8 Å². The molecule has 108 valence electrons. The molecule has 2 aromatic rings. The van der Waals surface area contributed by atoms with Gasteiger partial charge in [0.15, 0.2) is 0 Å². The van der Waals surface area contributed by atoms with Gasteiger partial charge in [-0.3, -0.25) is 0 Å². The summed E-state index contributed by atoms with van der Waals surface area (Å²) in [6.07, 6.45) is 5.45. The summed E-state index contributed by atoms with van der Waals surface area (Å²) >= 11 is 0. The van der Waals surface area contributed by atoms with Crippen LogP contribution in [0.1, 0.15) is 31.1 Å². The Morgan fingerprint density at radius 2 is 2.35 bits per heavy atom. The Balaban J connectivity index is 1.78. The standard InChI is InChI=1S/C15H21N3O2/c19-7-6-16-10-12-4-5-14-13(9-12)17-11-18(14)15-3-1-2-8-20-15/h4-5,9,11,15-16,19H,1-3,6-8,10H2. The molecular weight excluding hydrogens is 254 g/mol. The summed E-state index contributed by atoms with van der Waals surface area (Å²) in [6, 6.07) is 6.31. The van der Waals surface area contributed by atoms with Crippen molar-refractivity contribution in [2.24, 2.45) is 0 Å². The number of aromatic nitrogens is 2. The molecule has 1 aromatic heterocycles. The number of rotatable bonds is 5. The minimum Gasteiger partial charge on any atom is -0.395 e. The van der Waals surface area contributed by atoms with E-state index < -0.39 is 0 Å². The van der Waals surface area contributed by atoms with E-state index in [1.165, 1.54) is 12.0 Å². The summed E-state index contributed by atoms with van der Waals surface area (Å²) in [4.78, 5) is 4.49. The minimum absolute atomic E-state index is 0.132. The molecule has 0 amide bonds. The highest BCUT2D eigenvalue weighted by atomic mass is 16.5. The van der Waals surface area contributed by atoms with Crippen LogP contribution < -0.4 is 5.32 Å². The van der Waals surface area contributed by atoms with Crippen molar-refractivity contribution in [3.8, 4) is 0 Å². The van der Waals surface area contributed by atoms with Crippen molar-refractivity contribution < 1.29 is 9.84 Å². The molecule has 2 N–H and O–H groups in total. The number of benzene rings is 1. The number of hydrogen-bond donors (Lipinski definition) is 2. The molecule has 1 atom stereocenters. The van der Waals surface area contributed by atoms with E-state index in [2.05, 4.69) is 33.1 Å². The lowest BCUT2D eigenvalue weighted by Gasteiger charge is -2.24. The van der Waals surface area contributed by atoms with Crippen LogP contribution >= 0.6 is 0 Å². The number of aliphatic hydroxyl groups excluding tert-OH is 1. The van der Waals surface area contributed by atoms with E-state index in [1.807, 2.05) is 6.33 Å². The zero-order valence-corrected chi connectivity index (χ0v) is 11.6. The summed E-state index contributed by atoms with van der Waals surface area (Å²) in [6.45, 7) is 2.37. The van der Waals surface area contributed by atoms with Crippen molar-refractivity contribution >= 4 is 11.0 Å². The van der Waals surface area contributed by atoms with Crippen molar-refractivity contribution in [3.63, 3.8) is 0 Å². The molecule has 1 fully saturated rings. The molecule has 1 unspecified atom stereocenters. The van der Waals surface area contributed by atoms with Crippen LogP contribution in [0, 0.1) is 0 Å². The van der Waals surface area contributed by atoms with Gasteiger partial charge in [0.2, 0.25) is 0 Å². The zero-order chi connectivity index (χ0) is 13.8. The Hall–Kier alpha value is -1.43. The summed E-state index contributed by atoms with van der Waals surface area (Å²) in [5.74, 6) is 0. The summed E-state index contributed by atoms with van der Waals surface area (Å²) in [7, 11) is 0. The van der Waals surface area contributed by atoms with Crippen LogP contribution in [-0.2, 0) is 11.3 Å². The third kappa shape index (κ3) is 2.85. The third-order valence-corrected chi connectivity index (χ3v) is 3.72. The van der Waals surface area contributed by atoms with E-state index in [0.29, 0.717) is 6.54 Å². The van der Waals surface area contributed by atoms with E-state index in [4.69, 9.17) is 9.84 Å². The Bertz CT molecular complexity index is 561. The smallest absolute Gasteiger partial charge is 0.135 e. The molecule has 20 heavy (non-hydrogen) atoms. The Morgan fingerprint density at radius 1 is 1.40 bits per heavy atom. The SMILES string of the molecule is OCCNCc1ccc2c(c1)ncn2C1CCCCO1. The summed E-state index contributed by atoms with van der Waals surface area (Å²) in [5, 5.41) is 11.9. The predicted octanol–water partition coefficient (Wildman–Crippen LogP) is 1.82. The maximum atomic E-state index is 8.77. The van der Waals surface area contributed by atoms with Gasteiger partial charge < -0.3 is 19.7 Å². The van der Waals surface area contributed by atoms with Crippen LogP contribution in [0.25, 0.3) is 11.0 Å². The highest BCUT2D eigenvalue weighted by Gasteiger charge is 2.17. The van der Waals surface area contributed by atoms with E-state index in [0.717, 1.165) is 37.0 Å². The molecular formula is C15H21N3O2. The van der Waals surface area contributed by atoms with Gasteiger partial charge in [0.05, 0.1) is 24.0 Å². The molecule has 1 saturated heterocycles. The maximum Gasteiger partial charge on any atom is 0.135 e. The fourth-order valence-corrected chi connectivity index (χ4v) is 2.67. The van der Waals surface area contributed by atoms with Crippen LogP contribution in [0.5, 0.6) is 0 Å². The van der Waals surface area contributed by atoms with Gasteiger partial charge in [-0.1, -0.05) is 6.07 Å². The van der Waals surface area contributed by atoms with Gasteiger partial charge in [0, 0.05) is 19.7 Å². The lowest BCUT2D eigenvalue weighted by atomic mass is 10.1. The number of hydrogen-bond acceptors (Lipinski definition) is 4. The van der Waals surface area contributed by atoms with E-state index in [-0.39, 0.29) is 12.8 Å². The van der Waals surface area contributed by atoms with Crippen LogP contribution in [0.15, 0.2) is 24.5 Å². The van der Waals surface area contributed by atoms with Crippen LogP contribution in [0.3, 0.4) is 0 Å². The lowest BCUT2D eigenvalue weighted by molar-refractivity contribution is -0.0295. The van der Waals surface area contributed by atoms with Gasteiger partial charge in [-0.2, -0.15) is 0 Å². The molecule has 5 heteroatoms. The second-order valence-electron chi connectivity index (χ2n) is 5.20. The highest BCUT2D eigenvalue weighted by molar-refractivity contribution is 5.76. The Kier molecular flexibility index (Phi) is 4.30.